The van der Waals surface area contributed by atoms with E-state index in [0.29, 0.717) is 40.0 Å². The Morgan fingerprint density at radius 1 is 0.900 bits per heavy atom. The number of methoxy groups -OCH3 is 3. The van der Waals surface area contributed by atoms with Crippen molar-refractivity contribution in [1.29, 1.82) is 0 Å². The molecule has 0 saturated heterocycles. The Morgan fingerprint density at radius 3 is 2.23 bits per heavy atom. The molecule has 2 aromatic heterocycles. The Kier molecular flexibility index (Phi) is 9.60. The van der Waals surface area contributed by atoms with Crippen molar-refractivity contribution in [1.82, 2.24) is 9.72 Å². The van der Waals surface area contributed by atoms with Crippen LogP contribution < -0.4 is 24.3 Å². The van der Waals surface area contributed by atoms with Crippen molar-refractivity contribution in [3.63, 3.8) is 0 Å². The first-order valence-corrected chi connectivity index (χ1v) is 14.9. The van der Waals surface area contributed by atoms with Crippen LogP contribution in [0.1, 0.15) is 37.3 Å². The van der Waals surface area contributed by atoms with Crippen LogP contribution in [0.2, 0.25) is 0 Å². The molecule has 0 radical (unpaired) electrons. The third-order valence-corrected chi connectivity index (χ3v) is 8.64. The monoisotopic (exact) mass is 566 g/mol. The zero-order valence-corrected chi connectivity index (χ0v) is 24.6. The quantitative estimate of drug-likeness (QED) is 0.201. The van der Waals surface area contributed by atoms with Gasteiger partial charge in [0.1, 0.15) is 10.6 Å². The van der Waals surface area contributed by atoms with Crippen molar-refractivity contribution in [2.45, 2.75) is 42.4 Å². The molecule has 0 amide bonds. The third-order valence-electron chi connectivity index (χ3n) is 6.77. The summed E-state index contributed by atoms with van der Waals surface area (Å²) in [5, 5.41) is 3.42. The fourth-order valence-corrected chi connectivity index (χ4v) is 6.46. The highest BCUT2D eigenvalue weighted by Crippen LogP contribution is 2.38. The van der Waals surface area contributed by atoms with Crippen LogP contribution in [0.3, 0.4) is 0 Å². The van der Waals surface area contributed by atoms with Crippen LogP contribution >= 0.6 is 0 Å². The molecule has 40 heavy (non-hydrogen) atoms. The molecule has 8 nitrogen and oxygen atoms in total. The summed E-state index contributed by atoms with van der Waals surface area (Å²) in [6.45, 7) is 6.11. The molecule has 0 fully saturated rings. The van der Waals surface area contributed by atoms with Crippen molar-refractivity contribution < 1.29 is 27.4 Å². The van der Waals surface area contributed by atoms with Crippen molar-refractivity contribution in [3.05, 3.63) is 78.1 Å². The molecule has 4 rings (SSSR count). The molecule has 0 atom stereocenters. The molecule has 4 aromatic rings. The summed E-state index contributed by atoms with van der Waals surface area (Å²) in [5.41, 5.74) is 2.58. The summed E-state index contributed by atoms with van der Waals surface area (Å²) >= 11 is 0. The molecule has 0 bridgehead atoms. The summed E-state index contributed by atoms with van der Waals surface area (Å²) in [6.07, 6.45) is 5.40. The maximum atomic E-state index is 13.6. The van der Waals surface area contributed by atoms with E-state index in [1.807, 2.05) is 61.0 Å². The molecule has 214 valence electrons. The first kappa shape index (κ1) is 29.3. The standard InChI is InChI=1S/C31H38N2O6S/c1-22(2)26-21-33-17-7-6-9-27(33)31(26)40(34,35)25-12-10-24(11-13-25)39-18-8-15-32-16-14-23-19-28(36-3)30(38-5)29(20-23)37-4/h6-7,9-13,17,19-22,32H,8,14-16,18H2,1-5H3. The van der Waals surface area contributed by atoms with Gasteiger partial charge in [0.2, 0.25) is 15.6 Å². The van der Waals surface area contributed by atoms with E-state index >= 15 is 0 Å². The topological polar surface area (TPSA) is 87.5 Å². The number of pyridine rings is 1. The van der Waals surface area contributed by atoms with E-state index in [1.165, 1.54) is 0 Å². The molecule has 9 heteroatoms. The maximum Gasteiger partial charge on any atom is 0.209 e. The normalized spacial score (nSPS) is 11.7. The smallest absolute Gasteiger partial charge is 0.209 e. The number of hydrogen-bond acceptors (Lipinski definition) is 7. The lowest BCUT2D eigenvalue weighted by molar-refractivity contribution is 0.308. The number of sulfone groups is 1. The van der Waals surface area contributed by atoms with Crippen LogP contribution in [0.4, 0.5) is 0 Å². The number of rotatable bonds is 14. The molecule has 0 aliphatic heterocycles. The Morgan fingerprint density at radius 2 is 1.60 bits per heavy atom. The first-order chi connectivity index (χ1) is 19.3. The van der Waals surface area contributed by atoms with E-state index in [4.69, 9.17) is 18.9 Å². The molecule has 0 saturated carbocycles. The molecular weight excluding hydrogens is 528 g/mol. The van der Waals surface area contributed by atoms with Gasteiger partial charge in [0.05, 0.1) is 38.3 Å². The largest absolute Gasteiger partial charge is 0.494 e. The van der Waals surface area contributed by atoms with Crippen LogP contribution in [0, 0.1) is 0 Å². The van der Waals surface area contributed by atoms with Gasteiger partial charge < -0.3 is 28.7 Å². The van der Waals surface area contributed by atoms with Crippen molar-refractivity contribution in [3.8, 4) is 23.0 Å². The highest BCUT2D eigenvalue weighted by atomic mass is 32.2. The Hall–Kier alpha value is -3.69. The van der Waals surface area contributed by atoms with E-state index in [9.17, 15) is 8.42 Å². The van der Waals surface area contributed by atoms with Gasteiger partial charge in [0.15, 0.2) is 11.5 Å². The van der Waals surface area contributed by atoms with Gasteiger partial charge >= 0.3 is 0 Å². The van der Waals surface area contributed by atoms with Crippen LogP contribution in [0.5, 0.6) is 23.0 Å². The number of aromatic nitrogens is 1. The summed E-state index contributed by atoms with van der Waals surface area (Å²) in [6, 6.07) is 16.2. The third kappa shape index (κ3) is 6.37. The number of nitrogens with one attached hydrogen (secondary N) is 1. The maximum absolute atomic E-state index is 13.6. The molecule has 1 N–H and O–H groups in total. The minimum Gasteiger partial charge on any atom is -0.494 e. The lowest BCUT2D eigenvalue weighted by Gasteiger charge is -2.14. The highest BCUT2D eigenvalue weighted by molar-refractivity contribution is 7.91. The predicted octanol–water partition coefficient (Wildman–Crippen LogP) is 5.52. The van der Waals surface area contributed by atoms with Crippen LogP contribution in [-0.2, 0) is 16.3 Å². The fourth-order valence-electron chi connectivity index (χ4n) is 4.68. The average Bonchev–Trinajstić information content (AvgIpc) is 3.37. The van der Waals surface area contributed by atoms with Gasteiger partial charge in [-0.25, -0.2) is 8.42 Å². The van der Waals surface area contributed by atoms with E-state index in [0.717, 1.165) is 37.1 Å². The minimum absolute atomic E-state index is 0.0720. The molecular formula is C31H38N2O6S. The van der Waals surface area contributed by atoms with Crippen LogP contribution in [0.15, 0.2) is 76.8 Å². The number of benzene rings is 2. The molecule has 0 unspecified atom stereocenters. The Balaban J connectivity index is 1.28. The summed E-state index contributed by atoms with van der Waals surface area (Å²) in [5.74, 6) is 2.59. The van der Waals surface area contributed by atoms with Gasteiger partial charge in [-0.1, -0.05) is 19.9 Å². The van der Waals surface area contributed by atoms with E-state index in [-0.39, 0.29) is 10.8 Å². The van der Waals surface area contributed by atoms with E-state index in [1.54, 1.807) is 45.6 Å². The minimum atomic E-state index is -3.70. The van der Waals surface area contributed by atoms with Gasteiger partial charge in [0.25, 0.3) is 0 Å². The number of nitrogens with zero attached hydrogens (tertiary/aromatic N) is 1. The van der Waals surface area contributed by atoms with Crippen molar-refractivity contribution in [2.24, 2.45) is 0 Å². The second kappa shape index (κ2) is 13.1. The molecule has 2 heterocycles. The number of ether oxygens (including phenoxy) is 4. The highest BCUT2D eigenvalue weighted by Gasteiger charge is 2.27. The van der Waals surface area contributed by atoms with Crippen LogP contribution in [-0.4, -0.2) is 53.8 Å². The fraction of sp³-hybridized carbons (Fsp3) is 0.355. The number of fused-ring (bicyclic) bond motifs is 1. The molecule has 2 aromatic carbocycles. The lowest BCUT2D eigenvalue weighted by Crippen LogP contribution is -2.20. The van der Waals surface area contributed by atoms with Gasteiger partial charge in [-0.15, -0.1) is 0 Å². The summed E-state index contributed by atoms with van der Waals surface area (Å²) in [7, 11) is 1.12. The second-order valence-electron chi connectivity index (χ2n) is 9.77. The second-order valence-corrected chi connectivity index (χ2v) is 11.7. The zero-order valence-electron chi connectivity index (χ0n) is 23.8. The SMILES string of the molecule is COc1cc(CCNCCCOc2ccc(S(=O)(=O)c3c(C(C)C)cn4ccccc34)cc2)cc(OC)c1OC. The molecule has 0 aliphatic carbocycles. The van der Waals surface area contributed by atoms with Gasteiger partial charge in [-0.05, 0) is 91.5 Å². The van der Waals surface area contributed by atoms with Crippen molar-refractivity contribution >= 4 is 15.4 Å². The molecule has 0 spiro atoms. The van der Waals surface area contributed by atoms with Gasteiger partial charge in [0, 0.05) is 12.4 Å². The Bertz CT molecular complexity index is 1500. The predicted molar refractivity (Wildman–Crippen MR) is 156 cm³/mol. The first-order valence-electron chi connectivity index (χ1n) is 13.4. The van der Waals surface area contributed by atoms with Crippen LogP contribution in [0.25, 0.3) is 5.52 Å². The van der Waals surface area contributed by atoms with E-state index < -0.39 is 9.84 Å². The summed E-state index contributed by atoms with van der Waals surface area (Å²) < 4.78 is 51.2. The van der Waals surface area contributed by atoms with E-state index in [2.05, 4.69) is 5.32 Å². The molecule has 0 aliphatic rings. The lowest BCUT2D eigenvalue weighted by atomic mass is 10.1. The van der Waals surface area contributed by atoms with Crippen molar-refractivity contribution in [2.75, 3.05) is 41.0 Å². The summed E-state index contributed by atoms with van der Waals surface area (Å²) in [4.78, 5) is 0.626. The average molecular weight is 567 g/mol. The van der Waals surface area contributed by atoms with Gasteiger partial charge in [-0.3, -0.25) is 0 Å². The zero-order chi connectivity index (χ0) is 28.7. The number of hydrogen-bond donors (Lipinski definition) is 1. The van der Waals surface area contributed by atoms with Gasteiger partial charge in [-0.2, -0.15) is 0 Å². The Labute approximate surface area is 236 Å².